The normalized spacial score (nSPS) is 23.8. The van der Waals surface area contributed by atoms with Crippen molar-refractivity contribution in [2.24, 2.45) is 23.5 Å². The Morgan fingerprint density at radius 1 is 0.931 bits per heavy atom. The van der Waals surface area contributed by atoms with Crippen LogP contribution in [0.5, 0.6) is 0 Å². The Labute approximate surface area is 174 Å². The summed E-state index contributed by atoms with van der Waals surface area (Å²) in [6.45, 7) is 3.11. The van der Waals surface area contributed by atoms with Gasteiger partial charge in [0.25, 0.3) is 0 Å². The molecule has 1 saturated carbocycles. The third-order valence-corrected chi connectivity index (χ3v) is 6.94. The van der Waals surface area contributed by atoms with Crippen molar-refractivity contribution in [1.82, 2.24) is 4.90 Å². The van der Waals surface area contributed by atoms with Gasteiger partial charge < -0.3 is 10.6 Å². The molecular formula is C24H35FN2O2. The number of ketones is 1. The third kappa shape index (κ3) is 6.91. The van der Waals surface area contributed by atoms with Crippen LogP contribution in [0.4, 0.5) is 4.39 Å². The maximum atomic E-state index is 13.1. The molecule has 0 unspecified atom stereocenters. The molecule has 2 aliphatic rings. The molecule has 0 radical (unpaired) electrons. The van der Waals surface area contributed by atoms with E-state index >= 15 is 0 Å². The number of primary amides is 1. The van der Waals surface area contributed by atoms with Gasteiger partial charge in [-0.3, -0.25) is 9.59 Å². The van der Waals surface area contributed by atoms with Crippen LogP contribution < -0.4 is 5.73 Å². The molecule has 0 spiro atoms. The second kappa shape index (κ2) is 10.9. The number of hydrogen-bond acceptors (Lipinski definition) is 3. The van der Waals surface area contributed by atoms with Crippen LogP contribution in [0.1, 0.15) is 74.6 Å². The number of halogens is 1. The van der Waals surface area contributed by atoms with Crippen LogP contribution in [0.15, 0.2) is 24.3 Å². The van der Waals surface area contributed by atoms with Crippen molar-refractivity contribution in [2.45, 2.75) is 64.2 Å². The van der Waals surface area contributed by atoms with Crippen molar-refractivity contribution in [1.29, 1.82) is 0 Å². The fourth-order valence-electron chi connectivity index (χ4n) is 5.01. The van der Waals surface area contributed by atoms with Crippen LogP contribution in [0.2, 0.25) is 0 Å². The van der Waals surface area contributed by atoms with Crippen LogP contribution >= 0.6 is 0 Å². The smallest absolute Gasteiger partial charge is 0.217 e. The average Bonchev–Trinajstić information content (AvgIpc) is 2.73. The van der Waals surface area contributed by atoms with E-state index in [2.05, 4.69) is 4.90 Å². The summed E-state index contributed by atoms with van der Waals surface area (Å²) in [6.07, 6.45) is 10.9. The van der Waals surface area contributed by atoms with Crippen molar-refractivity contribution in [3.63, 3.8) is 0 Å². The molecule has 1 aromatic carbocycles. The van der Waals surface area contributed by atoms with Crippen LogP contribution in [0.25, 0.3) is 0 Å². The van der Waals surface area contributed by atoms with E-state index in [1.807, 2.05) is 0 Å². The molecule has 1 heterocycles. The van der Waals surface area contributed by atoms with Gasteiger partial charge in [0.2, 0.25) is 5.91 Å². The predicted molar refractivity (Wildman–Crippen MR) is 113 cm³/mol. The van der Waals surface area contributed by atoms with E-state index in [1.165, 1.54) is 44.2 Å². The van der Waals surface area contributed by atoms with Crippen LogP contribution in [0.3, 0.4) is 0 Å². The van der Waals surface area contributed by atoms with Gasteiger partial charge in [0.05, 0.1) is 0 Å². The number of likely N-dealkylation sites (tertiary alicyclic amines) is 1. The van der Waals surface area contributed by atoms with Crippen LogP contribution in [-0.4, -0.2) is 36.2 Å². The molecule has 4 nitrogen and oxygen atoms in total. The lowest BCUT2D eigenvalue weighted by Gasteiger charge is -2.34. The monoisotopic (exact) mass is 402 g/mol. The Hall–Kier alpha value is -1.75. The number of carbonyl (C=O) groups excluding carboxylic acids is 2. The topological polar surface area (TPSA) is 63.4 Å². The lowest BCUT2D eigenvalue weighted by molar-refractivity contribution is -0.118. The summed E-state index contributed by atoms with van der Waals surface area (Å²) in [5, 5.41) is 0. The number of carbonyl (C=O) groups is 2. The van der Waals surface area contributed by atoms with Gasteiger partial charge in [-0.15, -0.1) is 0 Å². The summed E-state index contributed by atoms with van der Waals surface area (Å²) in [5.41, 5.74) is 5.86. The fraction of sp³-hybridized carbons (Fsp3) is 0.667. The first-order valence-corrected chi connectivity index (χ1v) is 11.3. The Kier molecular flexibility index (Phi) is 8.22. The second-order valence-corrected chi connectivity index (χ2v) is 9.02. The standard InChI is InChI=1S/C24H35FN2O2/c25-22-10-8-20(9-11-22)24(29)21-13-16-27(17-14-21)15-12-19-6-4-18(5-7-19)2-1-3-23(26)28/h8-11,18-19,21H,1-7,12-17H2,(H2,26,28). The minimum atomic E-state index is -0.295. The molecule has 3 rings (SSSR count). The van der Waals surface area contributed by atoms with Crippen molar-refractivity contribution in [3.8, 4) is 0 Å². The lowest BCUT2D eigenvalue weighted by Crippen LogP contribution is -2.37. The molecule has 0 bridgehead atoms. The van der Waals surface area contributed by atoms with Gasteiger partial charge in [0.15, 0.2) is 5.78 Å². The predicted octanol–water partition coefficient (Wildman–Crippen LogP) is 4.57. The van der Waals surface area contributed by atoms with Gasteiger partial charge in [-0.25, -0.2) is 4.39 Å². The molecule has 2 fully saturated rings. The SMILES string of the molecule is NC(=O)CCCC1CCC(CCN2CCC(C(=O)c3ccc(F)cc3)CC2)CC1. The van der Waals surface area contributed by atoms with Crippen molar-refractivity contribution >= 4 is 11.7 Å². The number of rotatable bonds is 9. The van der Waals surface area contributed by atoms with E-state index in [0.717, 1.165) is 57.2 Å². The number of nitrogens with zero attached hydrogens (tertiary/aromatic N) is 1. The first kappa shape index (κ1) is 21.9. The van der Waals surface area contributed by atoms with Gasteiger partial charge in [-0.05, 0) is 87.8 Å². The van der Waals surface area contributed by atoms with Crippen LogP contribution in [0, 0.1) is 23.6 Å². The molecule has 1 aliphatic carbocycles. The molecule has 1 aromatic rings. The minimum absolute atomic E-state index is 0.0764. The van der Waals surface area contributed by atoms with Crippen LogP contribution in [-0.2, 0) is 4.79 Å². The number of nitrogens with two attached hydrogens (primary N) is 1. The highest BCUT2D eigenvalue weighted by Crippen LogP contribution is 2.34. The fourth-order valence-corrected chi connectivity index (χ4v) is 5.01. The highest BCUT2D eigenvalue weighted by Gasteiger charge is 2.27. The number of hydrogen-bond donors (Lipinski definition) is 1. The van der Waals surface area contributed by atoms with Gasteiger partial charge >= 0.3 is 0 Å². The second-order valence-electron chi connectivity index (χ2n) is 9.02. The molecule has 29 heavy (non-hydrogen) atoms. The molecular weight excluding hydrogens is 367 g/mol. The zero-order valence-electron chi connectivity index (χ0n) is 17.5. The van der Waals surface area contributed by atoms with E-state index in [9.17, 15) is 14.0 Å². The molecule has 5 heteroatoms. The molecule has 1 saturated heterocycles. The number of amides is 1. The summed E-state index contributed by atoms with van der Waals surface area (Å²) in [6, 6.07) is 5.95. The van der Waals surface area contributed by atoms with Gasteiger partial charge in [-0.2, -0.15) is 0 Å². The summed E-state index contributed by atoms with van der Waals surface area (Å²) in [4.78, 5) is 26.0. The molecule has 0 aromatic heterocycles. The number of Topliss-reactive ketones (excluding diaryl/α,β-unsaturated/α-hetero) is 1. The third-order valence-electron chi connectivity index (χ3n) is 6.94. The highest BCUT2D eigenvalue weighted by atomic mass is 19.1. The van der Waals surface area contributed by atoms with E-state index in [1.54, 1.807) is 12.1 Å². The highest BCUT2D eigenvalue weighted by molar-refractivity contribution is 5.97. The summed E-state index contributed by atoms with van der Waals surface area (Å²) in [7, 11) is 0. The summed E-state index contributed by atoms with van der Waals surface area (Å²) < 4.78 is 13.1. The lowest BCUT2D eigenvalue weighted by atomic mass is 9.78. The molecule has 1 aliphatic heterocycles. The van der Waals surface area contributed by atoms with Gasteiger partial charge in [0, 0.05) is 17.9 Å². The van der Waals surface area contributed by atoms with Crippen molar-refractivity contribution in [3.05, 3.63) is 35.6 Å². The molecule has 2 N–H and O–H groups in total. The maximum absolute atomic E-state index is 13.1. The quantitative estimate of drug-likeness (QED) is 0.615. The zero-order chi connectivity index (χ0) is 20.6. The Bertz CT molecular complexity index is 660. The number of piperidine rings is 1. The Morgan fingerprint density at radius 2 is 1.52 bits per heavy atom. The first-order valence-electron chi connectivity index (χ1n) is 11.3. The van der Waals surface area contributed by atoms with E-state index in [-0.39, 0.29) is 23.4 Å². The Morgan fingerprint density at radius 3 is 2.10 bits per heavy atom. The molecule has 1 amide bonds. The largest absolute Gasteiger partial charge is 0.370 e. The van der Waals surface area contributed by atoms with E-state index in [4.69, 9.17) is 5.73 Å². The zero-order valence-corrected chi connectivity index (χ0v) is 17.5. The first-order chi connectivity index (χ1) is 14.0. The average molecular weight is 403 g/mol. The van der Waals surface area contributed by atoms with E-state index < -0.39 is 0 Å². The maximum Gasteiger partial charge on any atom is 0.217 e. The summed E-state index contributed by atoms with van der Waals surface area (Å²) in [5.74, 6) is 1.37. The van der Waals surface area contributed by atoms with Gasteiger partial charge in [-0.1, -0.05) is 25.7 Å². The molecule has 160 valence electrons. The van der Waals surface area contributed by atoms with Crippen molar-refractivity contribution in [2.75, 3.05) is 19.6 Å². The summed E-state index contributed by atoms with van der Waals surface area (Å²) >= 11 is 0. The van der Waals surface area contributed by atoms with Gasteiger partial charge in [0.1, 0.15) is 5.82 Å². The number of benzene rings is 1. The molecule has 0 atom stereocenters. The Balaban J connectivity index is 1.31. The van der Waals surface area contributed by atoms with Crippen molar-refractivity contribution < 1.29 is 14.0 Å². The minimum Gasteiger partial charge on any atom is -0.370 e. The van der Waals surface area contributed by atoms with E-state index in [0.29, 0.717) is 12.0 Å².